The van der Waals surface area contributed by atoms with Gasteiger partial charge < -0.3 is 21.1 Å². The van der Waals surface area contributed by atoms with Crippen LogP contribution in [0.3, 0.4) is 0 Å². The SMILES string of the molecule is CCc1cc(Nc2nccn3c(-c4cn(CC5CCC(=O)C5)nc4C(F)(F)F)cnc23)ccc1C(=O)NCCOCCN. The third-order valence-electron chi connectivity index (χ3n) is 7.31. The summed E-state index contributed by atoms with van der Waals surface area (Å²) in [5, 5.41) is 9.88. The summed E-state index contributed by atoms with van der Waals surface area (Å²) in [4.78, 5) is 33.1. The molecule has 1 saturated carbocycles. The van der Waals surface area contributed by atoms with E-state index in [0.717, 1.165) is 5.56 Å². The number of benzene rings is 1. The second-order valence-corrected chi connectivity index (χ2v) is 10.4. The smallest absolute Gasteiger partial charge is 0.378 e. The number of amides is 1. The van der Waals surface area contributed by atoms with Gasteiger partial charge in [0.15, 0.2) is 17.2 Å². The third-order valence-corrected chi connectivity index (χ3v) is 7.31. The zero-order valence-corrected chi connectivity index (χ0v) is 23.7. The number of carbonyl (C=O) groups excluding carboxylic acids is 2. The second-order valence-electron chi connectivity index (χ2n) is 10.4. The van der Waals surface area contributed by atoms with Crippen molar-refractivity contribution in [1.29, 1.82) is 0 Å². The van der Waals surface area contributed by atoms with Gasteiger partial charge in [0, 0.05) is 62.3 Å². The lowest BCUT2D eigenvalue weighted by atomic mass is 10.0. The van der Waals surface area contributed by atoms with Gasteiger partial charge in [-0.3, -0.25) is 18.7 Å². The van der Waals surface area contributed by atoms with Crippen molar-refractivity contribution in [3.05, 3.63) is 59.8 Å². The number of aryl methyl sites for hydroxylation is 1. The van der Waals surface area contributed by atoms with Crippen LogP contribution in [0.4, 0.5) is 24.7 Å². The molecule has 1 atom stereocenters. The minimum atomic E-state index is -4.69. The van der Waals surface area contributed by atoms with E-state index in [-0.39, 0.29) is 35.4 Å². The first-order chi connectivity index (χ1) is 20.7. The topological polar surface area (TPSA) is 141 Å². The number of imidazole rings is 1. The number of aromatic nitrogens is 5. The predicted octanol–water partition coefficient (Wildman–Crippen LogP) is 3.99. The normalized spacial score (nSPS) is 15.4. The standard InChI is InChI=1S/C29H33F3N8O3/c1-2-19-14-20(4-6-22(19)28(42)35-9-12-43-11-7-33)37-26-27-36-15-24(40(27)10-8-34-26)23-17-39(38-25(23)29(30,31)32)16-18-3-5-21(41)13-18/h4,6,8,10,14-15,17-18H,2-3,5,7,9,11-13,16,33H2,1H3,(H,34,37)(H,35,42). The maximum atomic E-state index is 14.1. The Bertz CT molecular complexity index is 1610. The fraction of sp³-hybridized carbons (Fsp3) is 0.414. The first kappa shape index (κ1) is 30.2. The maximum absolute atomic E-state index is 14.1. The van der Waals surface area contributed by atoms with E-state index in [4.69, 9.17) is 10.5 Å². The highest BCUT2D eigenvalue weighted by Gasteiger charge is 2.39. The third kappa shape index (κ3) is 6.86. The molecule has 1 aliphatic rings. The molecule has 43 heavy (non-hydrogen) atoms. The van der Waals surface area contributed by atoms with E-state index >= 15 is 0 Å². The molecule has 3 heterocycles. The zero-order chi connectivity index (χ0) is 30.6. The fourth-order valence-corrected chi connectivity index (χ4v) is 5.27. The molecule has 0 saturated heterocycles. The van der Waals surface area contributed by atoms with E-state index in [2.05, 4.69) is 25.7 Å². The lowest BCUT2D eigenvalue weighted by molar-refractivity contribution is -0.141. The number of fused-ring (bicyclic) bond motifs is 1. The molecule has 4 aromatic rings. The highest BCUT2D eigenvalue weighted by Crippen LogP contribution is 2.37. The van der Waals surface area contributed by atoms with E-state index in [1.165, 1.54) is 33.9 Å². The van der Waals surface area contributed by atoms with E-state index in [1.54, 1.807) is 12.1 Å². The van der Waals surface area contributed by atoms with Crippen LogP contribution in [0.15, 0.2) is 43.0 Å². The van der Waals surface area contributed by atoms with Gasteiger partial charge in [-0.1, -0.05) is 6.92 Å². The van der Waals surface area contributed by atoms with Gasteiger partial charge >= 0.3 is 6.18 Å². The van der Waals surface area contributed by atoms with Crippen LogP contribution in [-0.2, 0) is 28.7 Å². The summed E-state index contributed by atoms with van der Waals surface area (Å²) >= 11 is 0. The quantitative estimate of drug-likeness (QED) is 0.208. The number of Topliss-reactive ketones (excluding diaryl/α,β-unsaturated/α-hetero) is 1. The number of nitrogens with two attached hydrogens (primary N) is 1. The van der Waals surface area contributed by atoms with Gasteiger partial charge in [0.1, 0.15) is 5.78 Å². The van der Waals surface area contributed by atoms with Crippen molar-refractivity contribution in [1.82, 2.24) is 29.5 Å². The lowest BCUT2D eigenvalue weighted by Gasteiger charge is -2.13. The van der Waals surface area contributed by atoms with Crippen molar-refractivity contribution in [2.45, 2.75) is 45.3 Å². The maximum Gasteiger partial charge on any atom is 0.435 e. The molecule has 1 unspecified atom stereocenters. The minimum Gasteiger partial charge on any atom is -0.378 e. The summed E-state index contributed by atoms with van der Waals surface area (Å²) in [7, 11) is 0. The van der Waals surface area contributed by atoms with Crippen LogP contribution >= 0.6 is 0 Å². The van der Waals surface area contributed by atoms with Gasteiger partial charge in [0.05, 0.1) is 30.7 Å². The van der Waals surface area contributed by atoms with Gasteiger partial charge in [-0.05, 0) is 42.5 Å². The zero-order valence-electron chi connectivity index (χ0n) is 23.7. The number of halogens is 3. The molecular formula is C29H33F3N8O3. The Kier molecular flexibility index (Phi) is 9.06. The van der Waals surface area contributed by atoms with Gasteiger partial charge in [-0.15, -0.1) is 0 Å². The van der Waals surface area contributed by atoms with E-state index < -0.39 is 11.9 Å². The van der Waals surface area contributed by atoms with Crippen LogP contribution in [0.5, 0.6) is 0 Å². The average molecular weight is 599 g/mol. The predicted molar refractivity (Wildman–Crippen MR) is 153 cm³/mol. The highest BCUT2D eigenvalue weighted by molar-refractivity contribution is 5.96. The summed E-state index contributed by atoms with van der Waals surface area (Å²) in [6, 6.07) is 5.26. The van der Waals surface area contributed by atoms with Crippen molar-refractivity contribution in [2.75, 3.05) is 31.6 Å². The van der Waals surface area contributed by atoms with Crippen LogP contribution in [0.2, 0.25) is 0 Å². The molecule has 4 N–H and O–H groups in total. The molecule has 5 rings (SSSR count). The molecule has 1 amide bonds. The number of rotatable bonds is 12. The summed E-state index contributed by atoms with van der Waals surface area (Å²) in [5.74, 6) is 0.189. The van der Waals surface area contributed by atoms with Crippen molar-refractivity contribution in [2.24, 2.45) is 11.7 Å². The molecule has 14 heteroatoms. The number of nitrogens with one attached hydrogen (secondary N) is 2. The van der Waals surface area contributed by atoms with E-state index in [9.17, 15) is 22.8 Å². The van der Waals surface area contributed by atoms with Crippen LogP contribution in [0.25, 0.3) is 16.9 Å². The largest absolute Gasteiger partial charge is 0.435 e. The molecule has 0 spiro atoms. The Morgan fingerprint density at radius 2 is 2.07 bits per heavy atom. The Hall–Kier alpha value is -4.30. The molecule has 1 aromatic carbocycles. The average Bonchev–Trinajstić information content (AvgIpc) is 3.71. The Morgan fingerprint density at radius 3 is 2.79 bits per heavy atom. The first-order valence-electron chi connectivity index (χ1n) is 14.1. The summed E-state index contributed by atoms with van der Waals surface area (Å²) in [6.07, 6.45) is 3.07. The summed E-state index contributed by atoms with van der Waals surface area (Å²) in [5.41, 5.74) is 6.76. The van der Waals surface area contributed by atoms with E-state index in [0.29, 0.717) is 74.7 Å². The Labute approximate surface area is 245 Å². The molecule has 0 radical (unpaired) electrons. The second kappa shape index (κ2) is 12.9. The molecular weight excluding hydrogens is 565 g/mol. The number of ketones is 1. The van der Waals surface area contributed by atoms with Crippen molar-refractivity contribution in [3.63, 3.8) is 0 Å². The molecule has 11 nitrogen and oxygen atoms in total. The number of ether oxygens (including phenoxy) is 1. The highest BCUT2D eigenvalue weighted by atomic mass is 19.4. The van der Waals surface area contributed by atoms with Crippen molar-refractivity contribution < 1.29 is 27.5 Å². The minimum absolute atomic E-state index is 0.0376. The van der Waals surface area contributed by atoms with Gasteiger partial charge in [-0.25, -0.2) is 9.97 Å². The summed E-state index contributed by atoms with van der Waals surface area (Å²) < 4.78 is 50.3. The van der Waals surface area contributed by atoms with Crippen LogP contribution in [-0.4, -0.2) is 62.1 Å². The number of hydrogen-bond acceptors (Lipinski definition) is 8. The Morgan fingerprint density at radius 1 is 1.23 bits per heavy atom. The van der Waals surface area contributed by atoms with E-state index in [1.807, 2.05) is 13.0 Å². The molecule has 1 fully saturated rings. The number of carbonyl (C=O) groups is 2. The first-order valence-corrected chi connectivity index (χ1v) is 14.1. The van der Waals surface area contributed by atoms with Crippen LogP contribution < -0.4 is 16.4 Å². The van der Waals surface area contributed by atoms with Gasteiger partial charge in [0.2, 0.25) is 0 Å². The monoisotopic (exact) mass is 598 g/mol. The molecule has 3 aromatic heterocycles. The number of anilines is 2. The molecule has 0 aliphatic heterocycles. The van der Waals surface area contributed by atoms with Gasteiger partial charge in [0.25, 0.3) is 5.91 Å². The molecule has 228 valence electrons. The lowest BCUT2D eigenvalue weighted by Crippen LogP contribution is -2.28. The number of hydrogen-bond donors (Lipinski definition) is 3. The molecule has 1 aliphatic carbocycles. The number of alkyl halides is 3. The summed E-state index contributed by atoms with van der Waals surface area (Å²) in [6.45, 7) is 3.71. The van der Waals surface area contributed by atoms with Crippen LogP contribution in [0.1, 0.15) is 47.8 Å². The van der Waals surface area contributed by atoms with Crippen LogP contribution in [0, 0.1) is 5.92 Å². The number of nitrogens with zero attached hydrogens (tertiary/aromatic N) is 5. The Balaban J connectivity index is 1.39. The van der Waals surface area contributed by atoms with Gasteiger partial charge in [-0.2, -0.15) is 18.3 Å². The van der Waals surface area contributed by atoms with Crippen molar-refractivity contribution >= 4 is 28.8 Å². The molecule has 0 bridgehead atoms. The fourth-order valence-electron chi connectivity index (χ4n) is 5.27. The van der Waals surface area contributed by atoms with Crippen molar-refractivity contribution in [3.8, 4) is 11.3 Å².